The molecule has 0 N–H and O–H groups in total. The lowest BCUT2D eigenvalue weighted by Crippen LogP contribution is -2.00. The maximum absolute atomic E-state index is 11.2. The van der Waals surface area contributed by atoms with E-state index < -0.39 is 8.03 Å². The average Bonchev–Trinajstić information content (AvgIpc) is 2.18. The van der Waals surface area contributed by atoms with Crippen molar-refractivity contribution in [3.05, 3.63) is 0 Å². The van der Waals surface area contributed by atoms with Crippen molar-refractivity contribution in [2.45, 2.75) is 39.5 Å². The van der Waals surface area contributed by atoms with Crippen molar-refractivity contribution in [3.63, 3.8) is 0 Å². The molecule has 0 aromatic rings. The number of rotatable bonds is 10. The highest BCUT2D eigenvalue weighted by atomic mass is 31.1. The van der Waals surface area contributed by atoms with Gasteiger partial charge in [0.2, 0.25) is 0 Å². The second kappa shape index (κ2) is 11.2. The molecule has 0 bridgehead atoms. The molecule has 0 aliphatic heterocycles. The molecule has 1 atom stereocenters. The standard InChI is InChI=1S/C10H23O3P/c1-3-5-7-12-9-10-14(11)13-8-6-4-2/h14H,3-10H2,1-2H3. The predicted molar refractivity (Wildman–Crippen MR) is 60.5 cm³/mol. The van der Waals surface area contributed by atoms with Gasteiger partial charge in [-0.1, -0.05) is 26.7 Å². The fraction of sp³-hybridized carbons (Fsp3) is 1.00. The van der Waals surface area contributed by atoms with Crippen LogP contribution in [0.15, 0.2) is 0 Å². The fourth-order valence-electron chi connectivity index (χ4n) is 0.906. The van der Waals surface area contributed by atoms with Crippen LogP contribution in [0.1, 0.15) is 39.5 Å². The molecule has 0 aliphatic rings. The average molecular weight is 222 g/mol. The van der Waals surface area contributed by atoms with E-state index in [1.165, 1.54) is 0 Å². The number of unbranched alkanes of at least 4 members (excludes halogenated alkanes) is 2. The summed E-state index contributed by atoms with van der Waals surface area (Å²) >= 11 is 0. The minimum atomic E-state index is -1.82. The molecule has 0 aromatic carbocycles. The normalized spacial score (nSPS) is 13.0. The zero-order chi connectivity index (χ0) is 10.6. The summed E-state index contributed by atoms with van der Waals surface area (Å²) in [5.41, 5.74) is 0. The molecule has 4 heteroatoms. The smallest absolute Gasteiger partial charge is 0.193 e. The van der Waals surface area contributed by atoms with E-state index in [9.17, 15) is 4.57 Å². The molecule has 0 rings (SSSR count). The van der Waals surface area contributed by atoms with Crippen LogP contribution < -0.4 is 0 Å². The van der Waals surface area contributed by atoms with Gasteiger partial charge < -0.3 is 9.26 Å². The summed E-state index contributed by atoms with van der Waals surface area (Å²) in [5.74, 6) is 0. The van der Waals surface area contributed by atoms with Crippen molar-refractivity contribution in [2.24, 2.45) is 0 Å². The summed E-state index contributed by atoms with van der Waals surface area (Å²) in [7, 11) is -1.82. The third-order valence-corrected chi connectivity index (χ3v) is 2.99. The van der Waals surface area contributed by atoms with Crippen molar-refractivity contribution in [1.29, 1.82) is 0 Å². The summed E-state index contributed by atoms with van der Waals surface area (Å²) in [6.07, 6.45) is 4.87. The molecule has 0 aromatic heterocycles. The Morgan fingerprint density at radius 1 is 1.00 bits per heavy atom. The first-order valence-electron chi connectivity index (χ1n) is 5.54. The van der Waals surface area contributed by atoms with Crippen molar-refractivity contribution in [2.75, 3.05) is 26.0 Å². The van der Waals surface area contributed by atoms with Crippen LogP contribution in [-0.2, 0) is 13.8 Å². The van der Waals surface area contributed by atoms with Crippen LogP contribution in [0, 0.1) is 0 Å². The van der Waals surface area contributed by atoms with Gasteiger partial charge in [0.15, 0.2) is 8.03 Å². The lowest BCUT2D eigenvalue weighted by molar-refractivity contribution is 0.144. The van der Waals surface area contributed by atoms with E-state index in [2.05, 4.69) is 13.8 Å². The van der Waals surface area contributed by atoms with E-state index in [-0.39, 0.29) is 0 Å². The van der Waals surface area contributed by atoms with E-state index in [0.29, 0.717) is 19.4 Å². The molecule has 0 saturated heterocycles. The predicted octanol–water partition coefficient (Wildman–Crippen LogP) is 3.09. The van der Waals surface area contributed by atoms with Crippen LogP contribution in [0.3, 0.4) is 0 Å². The third kappa shape index (κ3) is 10.2. The Morgan fingerprint density at radius 2 is 1.64 bits per heavy atom. The maximum Gasteiger partial charge on any atom is 0.193 e. The molecule has 0 amide bonds. The molecule has 1 unspecified atom stereocenters. The summed E-state index contributed by atoms with van der Waals surface area (Å²) in [4.78, 5) is 0. The van der Waals surface area contributed by atoms with Gasteiger partial charge in [0.1, 0.15) is 0 Å². The molecule has 0 fully saturated rings. The quantitative estimate of drug-likeness (QED) is 0.421. The van der Waals surface area contributed by atoms with Crippen LogP contribution >= 0.6 is 8.03 Å². The summed E-state index contributed by atoms with van der Waals surface area (Å²) in [6, 6.07) is 0. The lowest BCUT2D eigenvalue weighted by Gasteiger charge is -2.04. The number of ether oxygens (including phenoxy) is 1. The Labute approximate surface area is 88.0 Å². The maximum atomic E-state index is 11.2. The first-order chi connectivity index (χ1) is 6.81. The fourth-order valence-corrected chi connectivity index (χ4v) is 1.73. The Kier molecular flexibility index (Phi) is 11.3. The Morgan fingerprint density at radius 3 is 2.29 bits per heavy atom. The van der Waals surface area contributed by atoms with Gasteiger partial charge in [-0.3, -0.25) is 4.57 Å². The molecule has 14 heavy (non-hydrogen) atoms. The second-order valence-electron chi connectivity index (χ2n) is 3.29. The van der Waals surface area contributed by atoms with Crippen molar-refractivity contribution in [1.82, 2.24) is 0 Å². The van der Waals surface area contributed by atoms with Crippen LogP contribution in [-0.4, -0.2) is 26.0 Å². The molecule has 3 nitrogen and oxygen atoms in total. The van der Waals surface area contributed by atoms with E-state index in [1.807, 2.05) is 0 Å². The van der Waals surface area contributed by atoms with Gasteiger partial charge in [-0.2, -0.15) is 0 Å². The first-order valence-corrected chi connectivity index (χ1v) is 7.07. The van der Waals surface area contributed by atoms with Crippen LogP contribution in [0.4, 0.5) is 0 Å². The molecule has 0 aliphatic carbocycles. The van der Waals surface area contributed by atoms with Crippen LogP contribution in [0.5, 0.6) is 0 Å². The van der Waals surface area contributed by atoms with Gasteiger partial charge in [0, 0.05) is 12.8 Å². The Bertz CT molecular complexity index is 139. The highest BCUT2D eigenvalue weighted by Crippen LogP contribution is 2.21. The summed E-state index contributed by atoms with van der Waals surface area (Å²) < 4.78 is 21.7. The van der Waals surface area contributed by atoms with E-state index in [0.717, 1.165) is 32.3 Å². The molecule has 0 heterocycles. The molecular weight excluding hydrogens is 199 g/mol. The van der Waals surface area contributed by atoms with Crippen molar-refractivity contribution in [3.8, 4) is 0 Å². The van der Waals surface area contributed by atoms with Gasteiger partial charge in [-0.25, -0.2) is 0 Å². The van der Waals surface area contributed by atoms with Gasteiger partial charge in [-0.15, -0.1) is 0 Å². The third-order valence-electron chi connectivity index (χ3n) is 1.85. The number of hydrogen-bond donors (Lipinski definition) is 0. The minimum Gasteiger partial charge on any atom is -0.381 e. The van der Waals surface area contributed by atoms with Crippen molar-refractivity contribution >= 4 is 8.03 Å². The van der Waals surface area contributed by atoms with Crippen LogP contribution in [0.2, 0.25) is 0 Å². The molecular formula is C10H23O3P. The van der Waals surface area contributed by atoms with E-state index in [1.54, 1.807) is 0 Å². The van der Waals surface area contributed by atoms with Crippen LogP contribution in [0.25, 0.3) is 0 Å². The summed E-state index contributed by atoms with van der Waals surface area (Å²) in [6.45, 7) is 6.20. The molecule has 0 spiro atoms. The highest BCUT2D eigenvalue weighted by Gasteiger charge is 1.98. The minimum absolute atomic E-state index is 0.568. The zero-order valence-electron chi connectivity index (χ0n) is 9.38. The number of hydrogen-bond acceptors (Lipinski definition) is 3. The Balaban J connectivity index is 3.10. The van der Waals surface area contributed by atoms with E-state index >= 15 is 0 Å². The topological polar surface area (TPSA) is 35.5 Å². The Hall–Kier alpha value is 0.150. The van der Waals surface area contributed by atoms with Gasteiger partial charge in [-0.05, 0) is 12.8 Å². The zero-order valence-corrected chi connectivity index (χ0v) is 10.4. The van der Waals surface area contributed by atoms with Gasteiger partial charge >= 0.3 is 0 Å². The van der Waals surface area contributed by atoms with E-state index in [4.69, 9.17) is 9.26 Å². The monoisotopic (exact) mass is 222 g/mol. The molecule has 86 valence electrons. The molecule has 0 radical (unpaired) electrons. The van der Waals surface area contributed by atoms with Crippen molar-refractivity contribution < 1.29 is 13.8 Å². The summed E-state index contributed by atoms with van der Waals surface area (Å²) in [5, 5.41) is 0. The molecule has 0 saturated carbocycles. The van der Waals surface area contributed by atoms with Gasteiger partial charge in [0.25, 0.3) is 0 Å². The van der Waals surface area contributed by atoms with Gasteiger partial charge in [0.05, 0.1) is 13.2 Å². The highest BCUT2D eigenvalue weighted by molar-refractivity contribution is 7.39. The SMILES string of the molecule is CCCCOCC[PH](=O)OCCCC. The lowest BCUT2D eigenvalue weighted by atomic mass is 10.4. The largest absolute Gasteiger partial charge is 0.381 e. The first kappa shape index (κ1) is 14.2. The second-order valence-corrected chi connectivity index (χ2v) is 4.82.